The molecule has 0 bridgehead atoms. The fraction of sp³-hybridized carbons (Fsp3) is 0.300. The molecule has 4 rings (SSSR count). The summed E-state index contributed by atoms with van der Waals surface area (Å²) in [6, 6.07) is 27.9. The largest absolute Gasteiger partial charge is 0.493 e. The molecule has 36 heavy (non-hydrogen) atoms. The molecular weight excluding hydrogens is 450 g/mol. The maximum Gasteiger partial charge on any atom is 0.227 e. The SMILES string of the molecule is COc1ccccc1Oc1c(CN(CC(O)Cc2ccccc2)C(C)C)c(C)nn1-c1ccccc1. The summed E-state index contributed by atoms with van der Waals surface area (Å²) < 4.78 is 13.9. The van der Waals surface area contributed by atoms with Crippen molar-refractivity contribution in [3.63, 3.8) is 0 Å². The Bertz CT molecular complexity index is 1240. The van der Waals surface area contributed by atoms with Crippen LogP contribution >= 0.6 is 0 Å². The van der Waals surface area contributed by atoms with Crippen LogP contribution in [0, 0.1) is 6.92 Å². The lowest BCUT2D eigenvalue weighted by atomic mass is 10.1. The number of aliphatic hydroxyl groups is 1. The first-order valence-electron chi connectivity index (χ1n) is 12.4. The molecule has 6 nitrogen and oxygen atoms in total. The van der Waals surface area contributed by atoms with Crippen molar-refractivity contribution in [3.05, 3.63) is 102 Å². The molecule has 188 valence electrons. The van der Waals surface area contributed by atoms with E-state index in [9.17, 15) is 5.11 Å². The molecular formula is C30H35N3O3. The average Bonchev–Trinajstić information content (AvgIpc) is 3.19. The first kappa shape index (κ1) is 25.5. The zero-order valence-electron chi connectivity index (χ0n) is 21.5. The van der Waals surface area contributed by atoms with Crippen molar-refractivity contribution in [2.75, 3.05) is 13.7 Å². The molecule has 0 saturated carbocycles. The van der Waals surface area contributed by atoms with Crippen LogP contribution in [-0.2, 0) is 13.0 Å². The molecule has 1 heterocycles. The van der Waals surface area contributed by atoms with Crippen molar-refractivity contribution in [1.29, 1.82) is 0 Å². The first-order chi connectivity index (χ1) is 17.5. The third-order valence-electron chi connectivity index (χ3n) is 6.26. The molecule has 0 radical (unpaired) electrons. The van der Waals surface area contributed by atoms with Crippen molar-refractivity contribution in [2.24, 2.45) is 0 Å². The molecule has 1 unspecified atom stereocenters. The number of aliphatic hydroxyl groups excluding tert-OH is 1. The number of methoxy groups -OCH3 is 1. The first-order valence-corrected chi connectivity index (χ1v) is 12.4. The average molecular weight is 486 g/mol. The Labute approximate surface area is 213 Å². The molecule has 6 heteroatoms. The Hall–Kier alpha value is -3.61. The zero-order chi connectivity index (χ0) is 25.5. The highest BCUT2D eigenvalue weighted by Crippen LogP contribution is 2.36. The van der Waals surface area contributed by atoms with Gasteiger partial charge in [-0.15, -0.1) is 0 Å². The number of aromatic nitrogens is 2. The van der Waals surface area contributed by atoms with Crippen LogP contribution in [-0.4, -0.2) is 45.6 Å². The molecule has 0 aliphatic rings. The van der Waals surface area contributed by atoms with E-state index in [1.54, 1.807) is 7.11 Å². The van der Waals surface area contributed by atoms with Crippen LogP contribution in [0.3, 0.4) is 0 Å². The highest BCUT2D eigenvalue weighted by molar-refractivity contribution is 5.47. The minimum absolute atomic E-state index is 0.217. The number of rotatable bonds is 11. The van der Waals surface area contributed by atoms with Crippen LogP contribution < -0.4 is 9.47 Å². The number of ether oxygens (including phenoxy) is 2. The van der Waals surface area contributed by atoms with Gasteiger partial charge in [0, 0.05) is 19.1 Å². The Kier molecular flexibility index (Phi) is 8.41. The summed E-state index contributed by atoms with van der Waals surface area (Å²) in [5, 5.41) is 15.8. The van der Waals surface area contributed by atoms with E-state index in [1.165, 1.54) is 0 Å². The van der Waals surface area contributed by atoms with Gasteiger partial charge in [-0.05, 0) is 57.0 Å². The standard InChI is InChI=1S/C30H35N3O3/c1-22(2)32(20-26(34)19-24-13-7-5-8-14-24)21-27-23(3)31-33(25-15-9-6-10-16-25)30(27)36-29-18-12-11-17-28(29)35-4/h5-18,22,26,34H,19-21H2,1-4H3. The van der Waals surface area contributed by atoms with Gasteiger partial charge < -0.3 is 14.6 Å². The van der Waals surface area contributed by atoms with Crippen molar-refractivity contribution in [2.45, 2.75) is 45.9 Å². The Balaban J connectivity index is 1.66. The van der Waals surface area contributed by atoms with Gasteiger partial charge in [0.25, 0.3) is 0 Å². The molecule has 0 aliphatic heterocycles. The zero-order valence-corrected chi connectivity index (χ0v) is 21.5. The molecule has 1 aromatic heterocycles. The van der Waals surface area contributed by atoms with Crippen LogP contribution in [0.1, 0.15) is 30.7 Å². The molecule has 1 atom stereocenters. The van der Waals surface area contributed by atoms with E-state index in [0.29, 0.717) is 36.9 Å². The van der Waals surface area contributed by atoms with Gasteiger partial charge in [0.1, 0.15) is 0 Å². The third-order valence-corrected chi connectivity index (χ3v) is 6.26. The number of para-hydroxylation sites is 3. The number of hydrogen-bond donors (Lipinski definition) is 1. The van der Waals surface area contributed by atoms with Gasteiger partial charge >= 0.3 is 0 Å². The molecule has 3 aromatic carbocycles. The summed E-state index contributed by atoms with van der Waals surface area (Å²) >= 11 is 0. The Morgan fingerprint density at radius 3 is 2.14 bits per heavy atom. The normalized spacial score (nSPS) is 12.2. The minimum Gasteiger partial charge on any atom is -0.493 e. The molecule has 0 saturated heterocycles. The lowest BCUT2D eigenvalue weighted by Crippen LogP contribution is -2.38. The van der Waals surface area contributed by atoms with Crippen molar-refractivity contribution >= 4 is 0 Å². The van der Waals surface area contributed by atoms with Crippen molar-refractivity contribution in [1.82, 2.24) is 14.7 Å². The summed E-state index contributed by atoms with van der Waals surface area (Å²) in [6.45, 7) is 7.42. The lowest BCUT2D eigenvalue weighted by molar-refractivity contribution is 0.0902. The summed E-state index contributed by atoms with van der Waals surface area (Å²) in [4.78, 5) is 2.27. The van der Waals surface area contributed by atoms with E-state index >= 15 is 0 Å². The van der Waals surface area contributed by atoms with Gasteiger partial charge in [-0.25, -0.2) is 4.68 Å². The van der Waals surface area contributed by atoms with Crippen molar-refractivity contribution in [3.8, 4) is 23.1 Å². The van der Waals surface area contributed by atoms with Crippen LogP contribution in [0.15, 0.2) is 84.9 Å². The molecule has 0 aliphatic carbocycles. The molecule has 0 fully saturated rings. The Morgan fingerprint density at radius 1 is 0.889 bits per heavy atom. The van der Waals surface area contributed by atoms with E-state index < -0.39 is 6.10 Å². The second-order valence-electron chi connectivity index (χ2n) is 9.24. The molecule has 1 N–H and O–H groups in total. The number of nitrogens with zero attached hydrogens (tertiary/aromatic N) is 3. The quantitative estimate of drug-likeness (QED) is 0.291. The maximum atomic E-state index is 10.9. The van der Waals surface area contributed by atoms with Crippen LogP contribution in [0.25, 0.3) is 5.69 Å². The van der Waals surface area contributed by atoms with E-state index in [0.717, 1.165) is 22.5 Å². The monoisotopic (exact) mass is 485 g/mol. The van der Waals surface area contributed by atoms with Crippen LogP contribution in [0.5, 0.6) is 17.4 Å². The highest BCUT2D eigenvalue weighted by atomic mass is 16.5. The minimum atomic E-state index is -0.488. The van der Waals surface area contributed by atoms with E-state index in [-0.39, 0.29) is 6.04 Å². The summed E-state index contributed by atoms with van der Waals surface area (Å²) in [5.41, 5.74) is 3.90. The van der Waals surface area contributed by atoms with E-state index in [1.807, 2.05) is 84.4 Å². The smallest absolute Gasteiger partial charge is 0.227 e. The molecule has 0 amide bonds. The lowest BCUT2D eigenvalue weighted by Gasteiger charge is -2.29. The summed E-state index contributed by atoms with van der Waals surface area (Å²) in [6.07, 6.45) is 0.120. The second-order valence-corrected chi connectivity index (χ2v) is 9.24. The number of benzene rings is 3. The Morgan fingerprint density at radius 2 is 1.50 bits per heavy atom. The van der Waals surface area contributed by atoms with Crippen LogP contribution in [0.2, 0.25) is 0 Å². The summed E-state index contributed by atoms with van der Waals surface area (Å²) in [7, 11) is 1.64. The molecule has 0 spiro atoms. The number of hydrogen-bond acceptors (Lipinski definition) is 5. The predicted molar refractivity (Wildman–Crippen MR) is 143 cm³/mol. The van der Waals surface area contributed by atoms with E-state index in [4.69, 9.17) is 14.6 Å². The second kappa shape index (κ2) is 11.9. The van der Waals surface area contributed by atoms with Gasteiger partial charge in [0.2, 0.25) is 5.88 Å². The van der Waals surface area contributed by atoms with Gasteiger partial charge in [-0.1, -0.05) is 60.7 Å². The fourth-order valence-corrected chi connectivity index (χ4v) is 4.26. The summed E-state index contributed by atoms with van der Waals surface area (Å²) in [5.74, 6) is 1.92. The van der Waals surface area contributed by atoms with Crippen molar-refractivity contribution < 1.29 is 14.6 Å². The van der Waals surface area contributed by atoms with Gasteiger partial charge in [0.15, 0.2) is 11.5 Å². The van der Waals surface area contributed by atoms with Gasteiger partial charge in [-0.3, -0.25) is 4.90 Å². The topological polar surface area (TPSA) is 59.8 Å². The third kappa shape index (κ3) is 6.14. The predicted octanol–water partition coefficient (Wildman–Crippen LogP) is 5.80. The van der Waals surface area contributed by atoms with E-state index in [2.05, 4.69) is 30.9 Å². The highest BCUT2D eigenvalue weighted by Gasteiger charge is 2.24. The molecule has 4 aromatic rings. The van der Waals surface area contributed by atoms with Gasteiger partial charge in [-0.2, -0.15) is 5.10 Å². The fourth-order valence-electron chi connectivity index (χ4n) is 4.26. The number of aryl methyl sites for hydroxylation is 1. The van der Waals surface area contributed by atoms with Crippen LogP contribution in [0.4, 0.5) is 0 Å². The maximum absolute atomic E-state index is 10.9. The van der Waals surface area contributed by atoms with Gasteiger partial charge in [0.05, 0.1) is 30.2 Å².